The van der Waals surface area contributed by atoms with Crippen LogP contribution < -0.4 is 38.5 Å². The normalized spacial score (nSPS) is 16.6. The van der Waals surface area contributed by atoms with Crippen LogP contribution in [-0.4, -0.2) is 144 Å². The molecule has 2 N–H and O–H groups in total. The summed E-state index contributed by atoms with van der Waals surface area (Å²) < 4.78 is 59.0. The van der Waals surface area contributed by atoms with Crippen molar-refractivity contribution in [1.82, 2.24) is 0 Å². The Morgan fingerprint density at radius 3 is 1.05 bits per heavy atom. The van der Waals surface area contributed by atoms with Crippen LogP contribution >= 0.6 is 0 Å². The fraction of sp³-hybridized carbons (Fsp3) is 0.381. The van der Waals surface area contributed by atoms with Gasteiger partial charge in [-0.1, -0.05) is 0 Å². The van der Waals surface area contributed by atoms with E-state index in [9.17, 15) is 9.59 Å². The molecule has 310 valence electrons. The molecular formula is C42H48N2O12Se2. The summed E-state index contributed by atoms with van der Waals surface area (Å²) in [4.78, 5) is 27.5. The van der Waals surface area contributed by atoms with Crippen LogP contribution in [0.2, 0.25) is 0 Å². The number of ether oxygens (including phenoxy) is 10. The van der Waals surface area contributed by atoms with E-state index in [1.165, 1.54) is 0 Å². The molecule has 0 atom stereocenters. The predicted molar refractivity (Wildman–Crippen MR) is 219 cm³/mol. The summed E-state index contributed by atoms with van der Waals surface area (Å²) in [5, 5.41) is 6.07. The van der Waals surface area contributed by atoms with E-state index < -0.39 is 0 Å². The average molecular weight is 931 g/mol. The second-order valence-electron chi connectivity index (χ2n) is 12.5. The molecule has 0 unspecified atom stereocenters. The van der Waals surface area contributed by atoms with Gasteiger partial charge in [-0.3, -0.25) is 0 Å². The number of carbonyl (C=O) groups excluding carboxylic acids is 2. The Labute approximate surface area is 349 Å². The molecule has 2 aliphatic heterocycles. The number of nitrogens with one attached hydrogen (secondary N) is 2. The first-order chi connectivity index (χ1) is 28.6. The molecule has 0 fully saturated rings. The van der Waals surface area contributed by atoms with Crippen molar-refractivity contribution in [2.45, 2.75) is 0 Å². The van der Waals surface area contributed by atoms with Crippen molar-refractivity contribution in [3.05, 3.63) is 96.1 Å². The number of amides is 2. The summed E-state index contributed by atoms with van der Waals surface area (Å²) in [6, 6.07) is 25.7. The van der Waals surface area contributed by atoms with E-state index in [1.807, 2.05) is 48.5 Å². The van der Waals surface area contributed by atoms with E-state index in [2.05, 4.69) is 10.6 Å². The number of anilines is 2. The molecule has 0 aromatic heterocycles. The van der Waals surface area contributed by atoms with Crippen LogP contribution in [0.4, 0.5) is 11.4 Å². The molecule has 4 aromatic rings. The van der Waals surface area contributed by atoms with E-state index in [-0.39, 0.29) is 38.1 Å². The summed E-state index contributed by atoms with van der Waals surface area (Å²) in [5.74, 6) is 1.58. The SMILES string of the molecule is O=C(Nc1ccc2c(c1)OCCOCCOCCOCCO2)c1ccccc1[Se][Se]c1ccccc1C(=O)Nc1ccc2c(c1)OCCOCCOCCOCCO2. The van der Waals surface area contributed by atoms with Crippen LogP contribution in [0.25, 0.3) is 0 Å². The van der Waals surface area contributed by atoms with Crippen molar-refractivity contribution in [1.29, 1.82) is 0 Å². The van der Waals surface area contributed by atoms with Gasteiger partial charge in [-0.15, -0.1) is 0 Å². The first-order valence-corrected chi connectivity index (χ1v) is 25.1. The summed E-state index contributed by atoms with van der Waals surface area (Å²) in [6.45, 7) is 6.61. The molecular weight excluding hydrogens is 882 g/mol. The Kier molecular flexibility index (Phi) is 18.5. The molecule has 14 nitrogen and oxygen atoms in total. The van der Waals surface area contributed by atoms with E-state index in [0.717, 1.165) is 8.92 Å². The van der Waals surface area contributed by atoms with E-state index in [4.69, 9.17) is 47.4 Å². The molecule has 0 radical (unpaired) electrons. The number of hydrogen-bond acceptors (Lipinski definition) is 12. The van der Waals surface area contributed by atoms with Crippen molar-refractivity contribution in [2.24, 2.45) is 0 Å². The predicted octanol–water partition coefficient (Wildman–Crippen LogP) is 3.11. The van der Waals surface area contributed by atoms with Crippen LogP contribution in [0.5, 0.6) is 23.0 Å². The monoisotopic (exact) mass is 932 g/mol. The molecule has 0 spiro atoms. The van der Waals surface area contributed by atoms with Gasteiger partial charge >= 0.3 is 302 Å². The Morgan fingerprint density at radius 2 is 0.690 bits per heavy atom. The summed E-state index contributed by atoms with van der Waals surface area (Å²) in [5.41, 5.74) is 2.26. The van der Waals surface area contributed by atoms with Gasteiger partial charge in [0.2, 0.25) is 0 Å². The van der Waals surface area contributed by atoms with Gasteiger partial charge in [0, 0.05) is 0 Å². The zero-order valence-electron chi connectivity index (χ0n) is 32.1. The first-order valence-electron chi connectivity index (χ1n) is 19.0. The number of hydrogen-bond donors (Lipinski definition) is 2. The number of fused-ring (bicyclic) bond motifs is 2. The van der Waals surface area contributed by atoms with Gasteiger partial charge in [0.05, 0.1) is 39.6 Å². The second kappa shape index (κ2) is 24.7. The molecule has 2 aliphatic rings. The van der Waals surface area contributed by atoms with Crippen molar-refractivity contribution >= 4 is 58.4 Å². The minimum absolute atomic E-state index is 0.130. The fourth-order valence-corrected chi connectivity index (χ4v) is 12.6. The summed E-state index contributed by atoms with van der Waals surface area (Å²) in [7, 11) is 0. The van der Waals surface area contributed by atoms with Crippen LogP contribution in [-0.2, 0) is 28.4 Å². The maximum absolute atomic E-state index is 13.7. The molecule has 0 saturated heterocycles. The first kappa shape index (κ1) is 43.4. The van der Waals surface area contributed by atoms with Crippen LogP contribution in [0.15, 0.2) is 84.9 Å². The fourth-order valence-electron chi connectivity index (χ4n) is 5.50. The van der Waals surface area contributed by atoms with Gasteiger partial charge in [0.25, 0.3) is 0 Å². The van der Waals surface area contributed by atoms with E-state index in [1.54, 1.807) is 36.4 Å². The molecule has 6 rings (SSSR count). The Balaban J connectivity index is 1.09. The molecule has 58 heavy (non-hydrogen) atoms. The Hall–Kier alpha value is -4.18. The third kappa shape index (κ3) is 14.3. The molecule has 16 heteroatoms. The van der Waals surface area contributed by atoms with Crippen molar-refractivity contribution in [3.63, 3.8) is 0 Å². The second-order valence-corrected chi connectivity index (χ2v) is 18.6. The van der Waals surface area contributed by atoms with Gasteiger partial charge in [0.15, 0.2) is 0 Å². The molecule has 4 aromatic carbocycles. The van der Waals surface area contributed by atoms with E-state index in [0.29, 0.717) is 151 Å². The quantitative estimate of drug-likeness (QED) is 0.263. The van der Waals surface area contributed by atoms with Crippen molar-refractivity contribution in [2.75, 3.05) is 116 Å². The standard InChI is InChI=1S/C42H48N2O12Se2/c45-41(43-31-9-11-35-37(29-31)55-27-23-51-19-15-47-13-17-49-21-25-53-35)33-5-1-3-7-39(33)57-58-40-8-4-2-6-34(40)42(46)44-32-10-12-36-38(30-32)56-28-24-52-20-16-48-14-18-50-22-26-54-36/h1-12,29-30H,13-28H2,(H,43,45)(H,44,46). The Bertz CT molecular complexity index is 1770. The van der Waals surface area contributed by atoms with Gasteiger partial charge in [-0.05, 0) is 0 Å². The molecule has 2 heterocycles. The molecule has 0 bridgehead atoms. The van der Waals surface area contributed by atoms with Gasteiger partial charge in [0.1, 0.15) is 0 Å². The average Bonchev–Trinajstić information content (AvgIpc) is 3.26. The topological polar surface area (TPSA) is 150 Å². The number of rotatable bonds is 7. The van der Waals surface area contributed by atoms with Crippen LogP contribution in [0.3, 0.4) is 0 Å². The van der Waals surface area contributed by atoms with Gasteiger partial charge in [-0.25, -0.2) is 0 Å². The summed E-state index contributed by atoms with van der Waals surface area (Å²) in [6.07, 6.45) is 0. The maximum atomic E-state index is 13.7. The zero-order chi connectivity index (χ0) is 40.0. The third-order valence-electron chi connectivity index (χ3n) is 8.32. The van der Waals surface area contributed by atoms with Gasteiger partial charge in [-0.2, -0.15) is 0 Å². The van der Waals surface area contributed by atoms with Crippen molar-refractivity contribution < 1.29 is 57.0 Å². The number of benzene rings is 4. The van der Waals surface area contributed by atoms with Crippen molar-refractivity contribution in [3.8, 4) is 23.0 Å². The minimum atomic E-state index is -0.244. The van der Waals surface area contributed by atoms with Crippen LogP contribution in [0.1, 0.15) is 20.7 Å². The molecule has 0 saturated carbocycles. The van der Waals surface area contributed by atoms with Gasteiger partial charge < -0.3 is 9.47 Å². The zero-order valence-corrected chi connectivity index (χ0v) is 35.5. The summed E-state index contributed by atoms with van der Waals surface area (Å²) >= 11 is -0.259. The van der Waals surface area contributed by atoms with Crippen LogP contribution in [0, 0.1) is 0 Å². The number of carbonyl (C=O) groups is 2. The van der Waals surface area contributed by atoms with E-state index >= 15 is 0 Å². The molecule has 2 amide bonds. The Morgan fingerprint density at radius 1 is 0.379 bits per heavy atom. The molecule has 0 aliphatic carbocycles. The third-order valence-corrected chi connectivity index (χ3v) is 15.6.